The number of aromatic nitrogens is 4. The van der Waals surface area contributed by atoms with Gasteiger partial charge in [-0.2, -0.15) is 5.10 Å². The van der Waals surface area contributed by atoms with Crippen molar-refractivity contribution in [1.82, 2.24) is 24.6 Å². The quantitative estimate of drug-likeness (QED) is 0.441. The largest absolute Gasteiger partial charge is 0.497 e. The average Bonchev–Trinajstić information content (AvgIpc) is 3.67. The number of piperazine rings is 1. The molecule has 8 nitrogen and oxygen atoms in total. The third kappa shape index (κ3) is 4.09. The van der Waals surface area contributed by atoms with Crippen molar-refractivity contribution in [3.8, 4) is 11.4 Å². The van der Waals surface area contributed by atoms with Crippen LogP contribution in [-0.4, -0.2) is 63.8 Å². The molecule has 1 saturated heterocycles. The van der Waals surface area contributed by atoms with Crippen LogP contribution in [0, 0.1) is 6.92 Å². The number of hydrogen-bond acceptors (Lipinski definition) is 6. The summed E-state index contributed by atoms with van der Waals surface area (Å²) in [4.78, 5) is 27.1. The molecule has 1 aliphatic heterocycles. The van der Waals surface area contributed by atoms with Crippen molar-refractivity contribution in [1.29, 1.82) is 0 Å². The van der Waals surface area contributed by atoms with E-state index in [0.29, 0.717) is 19.0 Å². The first-order valence-electron chi connectivity index (χ1n) is 12.1. The molecule has 178 valence electrons. The van der Waals surface area contributed by atoms with Crippen LogP contribution in [0.2, 0.25) is 0 Å². The van der Waals surface area contributed by atoms with E-state index >= 15 is 0 Å². The van der Waals surface area contributed by atoms with Gasteiger partial charge in [-0.15, -0.1) is 0 Å². The van der Waals surface area contributed by atoms with Crippen LogP contribution in [0.3, 0.4) is 0 Å². The smallest absolute Gasteiger partial charge is 0.253 e. The van der Waals surface area contributed by atoms with Crippen LogP contribution in [0.15, 0.2) is 54.7 Å². The molecule has 1 amide bonds. The zero-order chi connectivity index (χ0) is 23.9. The van der Waals surface area contributed by atoms with Gasteiger partial charge in [-0.05, 0) is 56.2 Å². The summed E-state index contributed by atoms with van der Waals surface area (Å²) in [5.74, 6) is 3.11. The molecule has 2 fully saturated rings. The lowest BCUT2D eigenvalue weighted by molar-refractivity contribution is 0.0746. The lowest BCUT2D eigenvalue weighted by Crippen LogP contribution is -2.49. The SMILES string of the molecule is COc1ccc(-n2ncc3c(N4CCN(C(=O)c5ccc(C)cc5)CC4)nc(C4CC4)nc32)cc1. The molecule has 1 saturated carbocycles. The molecule has 0 radical (unpaired) electrons. The Balaban J connectivity index is 1.29. The summed E-state index contributed by atoms with van der Waals surface area (Å²) in [7, 11) is 1.66. The Morgan fingerprint density at radius 2 is 1.66 bits per heavy atom. The monoisotopic (exact) mass is 468 g/mol. The van der Waals surface area contributed by atoms with Crippen LogP contribution in [0.4, 0.5) is 5.82 Å². The lowest BCUT2D eigenvalue weighted by atomic mass is 10.1. The van der Waals surface area contributed by atoms with Crippen molar-refractivity contribution < 1.29 is 9.53 Å². The second-order valence-electron chi connectivity index (χ2n) is 9.32. The Bertz CT molecular complexity index is 1370. The van der Waals surface area contributed by atoms with Gasteiger partial charge >= 0.3 is 0 Å². The minimum atomic E-state index is 0.0866. The van der Waals surface area contributed by atoms with Gasteiger partial charge in [0.1, 0.15) is 17.4 Å². The van der Waals surface area contributed by atoms with Gasteiger partial charge in [0.25, 0.3) is 5.91 Å². The van der Waals surface area contributed by atoms with Crippen molar-refractivity contribution in [2.45, 2.75) is 25.7 Å². The van der Waals surface area contributed by atoms with Gasteiger partial charge in [-0.3, -0.25) is 4.79 Å². The van der Waals surface area contributed by atoms with Gasteiger partial charge < -0.3 is 14.5 Å². The maximum Gasteiger partial charge on any atom is 0.253 e. The van der Waals surface area contributed by atoms with Gasteiger partial charge in [0.2, 0.25) is 0 Å². The second-order valence-corrected chi connectivity index (χ2v) is 9.32. The fourth-order valence-electron chi connectivity index (χ4n) is 4.59. The third-order valence-electron chi connectivity index (χ3n) is 6.85. The third-order valence-corrected chi connectivity index (χ3v) is 6.85. The zero-order valence-corrected chi connectivity index (χ0v) is 20.0. The van der Waals surface area contributed by atoms with Crippen molar-refractivity contribution in [2.24, 2.45) is 0 Å². The van der Waals surface area contributed by atoms with Crippen LogP contribution in [-0.2, 0) is 0 Å². The molecule has 2 aromatic heterocycles. The van der Waals surface area contributed by atoms with Crippen LogP contribution >= 0.6 is 0 Å². The van der Waals surface area contributed by atoms with Gasteiger partial charge in [-0.1, -0.05) is 17.7 Å². The van der Waals surface area contributed by atoms with Gasteiger partial charge in [0.15, 0.2) is 5.65 Å². The number of amides is 1. The van der Waals surface area contributed by atoms with E-state index in [-0.39, 0.29) is 5.91 Å². The maximum absolute atomic E-state index is 13.0. The van der Waals surface area contributed by atoms with Gasteiger partial charge in [-0.25, -0.2) is 14.6 Å². The van der Waals surface area contributed by atoms with E-state index in [2.05, 4.69) is 10.00 Å². The first-order valence-corrected chi connectivity index (χ1v) is 12.1. The summed E-state index contributed by atoms with van der Waals surface area (Å²) >= 11 is 0. The summed E-state index contributed by atoms with van der Waals surface area (Å²) in [5.41, 5.74) is 3.65. The highest BCUT2D eigenvalue weighted by Crippen LogP contribution is 2.40. The molecule has 0 unspecified atom stereocenters. The van der Waals surface area contributed by atoms with Crippen molar-refractivity contribution >= 4 is 22.8 Å². The summed E-state index contributed by atoms with van der Waals surface area (Å²) < 4.78 is 7.18. The molecule has 6 rings (SSSR count). The van der Waals surface area contributed by atoms with Gasteiger partial charge in [0.05, 0.1) is 24.4 Å². The average molecular weight is 469 g/mol. The molecule has 2 aliphatic rings. The van der Waals surface area contributed by atoms with E-state index in [4.69, 9.17) is 14.7 Å². The lowest BCUT2D eigenvalue weighted by Gasteiger charge is -2.35. The number of rotatable bonds is 5. The number of hydrogen-bond donors (Lipinski definition) is 0. The number of fused-ring (bicyclic) bond motifs is 1. The molecule has 0 spiro atoms. The standard InChI is InChI=1S/C27H28N6O2/c1-18-3-5-20(6-4-18)27(34)32-15-13-31(14-16-32)25-23-17-28-33(21-9-11-22(35-2)12-10-21)26(23)30-24(29-25)19-7-8-19/h3-6,9-12,17,19H,7-8,13-16H2,1-2H3. The Hall–Kier alpha value is -3.94. The Kier molecular flexibility index (Phi) is 5.36. The first-order chi connectivity index (χ1) is 17.1. The van der Waals surface area contributed by atoms with E-state index in [1.807, 2.05) is 71.2 Å². The number of methoxy groups -OCH3 is 1. The predicted molar refractivity (Wildman–Crippen MR) is 134 cm³/mol. The number of ether oxygens (including phenoxy) is 1. The van der Waals surface area contributed by atoms with Crippen molar-refractivity contribution in [3.05, 3.63) is 71.7 Å². The fraction of sp³-hybridized carbons (Fsp3) is 0.333. The molecule has 0 bridgehead atoms. The topological polar surface area (TPSA) is 76.4 Å². The van der Waals surface area contributed by atoms with E-state index in [9.17, 15) is 4.79 Å². The molecule has 2 aromatic carbocycles. The molecule has 0 N–H and O–H groups in total. The molecule has 0 atom stereocenters. The van der Waals surface area contributed by atoms with E-state index in [1.54, 1.807) is 7.11 Å². The molecular formula is C27H28N6O2. The van der Waals surface area contributed by atoms with Crippen LogP contribution in [0.1, 0.15) is 40.5 Å². The number of aryl methyl sites for hydroxylation is 1. The van der Waals surface area contributed by atoms with E-state index in [1.165, 1.54) is 0 Å². The fourth-order valence-corrected chi connectivity index (χ4v) is 4.59. The zero-order valence-electron chi connectivity index (χ0n) is 20.0. The number of anilines is 1. The summed E-state index contributed by atoms with van der Waals surface area (Å²) in [5, 5.41) is 5.60. The molecule has 3 heterocycles. The Morgan fingerprint density at radius 1 is 0.943 bits per heavy atom. The number of carbonyl (C=O) groups excluding carboxylic acids is 1. The maximum atomic E-state index is 13.0. The number of nitrogens with zero attached hydrogens (tertiary/aromatic N) is 6. The summed E-state index contributed by atoms with van der Waals surface area (Å²) in [6, 6.07) is 15.6. The number of benzene rings is 2. The summed E-state index contributed by atoms with van der Waals surface area (Å²) in [6.07, 6.45) is 4.11. The van der Waals surface area contributed by atoms with Crippen LogP contribution < -0.4 is 9.64 Å². The molecule has 4 aromatic rings. The first kappa shape index (κ1) is 21.6. The van der Waals surface area contributed by atoms with Crippen molar-refractivity contribution in [3.63, 3.8) is 0 Å². The highest BCUT2D eigenvalue weighted by atomic mass is 16.5. The Morgan fingerprint density at radius 3 is 2.31 bits per heavy atom. The highest BCUT2D eigenvalue weighted by molar-refractivity contribution is 5.94. The van der Waals surface area contributed by atoms with Crippen molar-refractivity contribution in [2.75, 3.05) is 38.2 Å². The minimum Gasteiger partial charge on any atom is -0.497 e. The molecule has 35 heavy (non-hydrogen) atoms. The predicted octanol–water partition coefficient (Wildman–Crippen LogP) is 3.97. The molecular weight excluding hydrogens is 440 g/mol. The second kappa shape index (κ2) is 8.69. The normalized spacial score (nSPS) is 16.1. The molecule has 8 heteroatoms. The summed E-state index contributed by atoms with van der Waals surface area (Å²) in [6.45, 7) is 4.79. The van der Waals surface area contributed by atoms with E-state index < -0.39 is 0 Å². The number of carbonyl (C=O) groups is 1. The van der Waals surface area contributed by atoms with E-state index in [0.717, 1.165) is 71.2 Å². The van der Waals surface area contributed by atoms with Crippen LogP contribution in [0.5, 0.6) is 5.75 Å². The Labute approximate surface area is 204 Å². The highest BCUT2D eigenvalue weighted by Gasteiger charge is 2.31. The minimum absolute atomic E-state index is 0.0866. The van der Waals surface area contributed by atoms with Crippen LogP contribution in [0.25, 0.3) is 16.7 Å². The van der Waals surface area contributed by atoms with Gasteiger partial charge in [0, 0.05) is 37.7 Å². The molecule has 1 aliphatic carbocycles.